The standard InChI is InChI=1S/C10H21NO3/c1-4-9(6-11)5-10(12)14-8(2)7-13-3/h8-9H,4-7,11H2,1-3H3. The SMILES string of the molecule is CCC(CN)CC(=O)OC(C)COC. The predicted octanol–water partition coefficient (Wildman–Crippen LogP) is 0.940. The number of carbonyl (C=O) groups excluding carboxylic acids is 1. The fourth-order valence-corrected chi connectivity index (χ4v) is 1.17. The van der Waals surface area contributed by atoms with Crippen LogP contribution in [0.1, 0.15) is 26.7 Å². The van der Waals surface area contributed by atoms with E-state index in [-0.39, 0.29) is 18.0 Å². The number of ether oxygens (including phenoxy) is 2. The van der Waals surface area contributed by atoms with Crippen molar-refractivity contribution in [2.45, 2.75) is 32.8 Å². The lowest BCUT2D eigenvalue weighted by atomic mass is 10.0. The highest BCUT2D eigenvalue weighted by Gasteiger charge is 2.14. The molecule has 0 saturated carbocycles. The summed E-state index contributed by atoms with van der Waals surface area (Å²) in [4.78, 5) is 11.3. The third-order valence-electron chi connectivity index (χ3n) is 2.10. The first-order valence-corrected chi connectivity index (χ1v) is 5.02. The molecule has 0 fully saturated rings. The minimum atomic E-state index is -0.188. The van der Waals surface area contributed by atoms with Crippen LogP contribution in [-0.2, 0) is 14.3 Å². The smallest absolute Gasteiger partial charge is 0.306 e. The van der Waals surface area contributed by atoms with Crippen molar-refractivity contribution < 1.29 is 14.3 Å². The first-order chi connectivity index (χ1) is 6.63. The number of carbonyl (C=O) groups is 1. The fourth-order valence-electron chi connectivity index (χ4n) is 1.17. The van der Waals surface area contributed by atoms with Crippen molar-refractivity contribution in [3.8, 4) is 0 Å². The third-order valence-corrected chi connectivity index (χ3v) is 2.10. The Morgan fingerprint density at radius 3 is 2.57 bits per heavy atom. The summed E-state index contributed by atoms with van der Waals surface area (Å²) in [5, 5.41) is 0. The fraction of sp³-hybridized carbons (Fsp3) is 0.900. The summed E-state index contributed by atoms with van der Waals surface area (Å²) in [7, 11) is 1.58. The van der Waals surface area contributed by atoms with Gasteiger partial charge in [-0.05, 0) is 19.4 Å². The zero-order chi connectivity index (χ0) is 11.0. The van der Waals surface area contributed by atoms with Gasteiger partial charge in [0.15, 0.2) is 0 Å². The van der Waals surface area contributed by atoms with Gasteiger partial charge in [0.1, 0.15) is 6.10 Å². The summed E-state index contributed by atoms with van der Waals surface area (Å²) >= 11 is 0. The molecule has 0 aromatic rings. The van der Waals surface area contributed by atoms with Gasteiger partial charge in [-0.3, -0.25) is 4.79 Å². The van der Waals surface area contributed by atoms with Crippen molar-refractivity contribution in [2.24, 2.45) is 11.7 Å². The summed E-state index contributed by atoms with van der Waals surface area (Å²) in [6.07, 6.45) is 1.13. The Hall–Kier alpha value is -0.610. The third kappa shape index (κ3) is 5.94. The van der Waals surface area contributed by atoms with Crippen LogP contribution < -0.4 is 5.73 Å². The molecule has 0 bridgehead atoms. The van der Waals surface area contributed by atoms with E-state index in [1.807, 2.05) is 13.8 Å². The highest BCUT2D eigenvalue weighted by atomic mass is 16.6. The van der Waals surface area contributed by atoms with Crippen molar-refractivity contribution in [3.63, 3.8) is 0 Å². The van der Waals surface area contributed by atoms with E-state index in [1.165, 1.54) is 0 Å². The molecule has 84 valence electrons. The molecule has 0 aromatic heterocycles. The van der Waals surface area contributed by atoms with E-state index in [1.54, 1.807) is 7.11 Å². The second-order valence-electron chi connectivity index (χ2n) is 3.47. The van der Waals surface area contributed by atoms with Crippen LogP contribution in [0.5, 0.6) is 0 Å². The summed E-state index contributed by atoms with van der Waals surface area (Å²) in [5.41, 5.74) is 5.49. The van der Waals surface area contributed by atoms with Crippen molar-refractivity contribution in [2.75, 3.05) is 20.3 Å². The number of rotatable bonds is 7. The van der Waals surface area contributed by atoms with E-state index in [9.17, 15) is 4.79 Å². The molecule has 0 heterocycles. The van der Waals surface area contributed by atoms with E-state index < -0.39 is 0 Å². The molecule has 4 nitrogen and oxygen atoms in total. The maximum absolute atomic E-state index is 11.3. The average molecular weight is 203 g/mol. The summed E-state index contributed by atoms with van der Waals surface area (Å²) < 4.78 is 9.97. The van der Waals surface area contributed by atoms with Crippen LogP contribution in [0, 0.1) is 5.92 Å². The van der Waals surface area contributed by atoms with Crippen LogP contribution in [0.4, 0.5) is 0 Å². The molecule has 0 aliphatic heterocycles. The first-order valence-electron chi connectivity index (χ1n) is 5.02. The molecule has 0 aliphatic carbocycles. The molecular formula is C10H21NO3. The molecule has 14 heavy (non-hydrogen) atoms. The first kappa shape index (κ1) is 13.4. The highest BCUT2D eigenvalue weighted by Crippen LogP contribution is 2.08. The molecule has 0 amide bonds. The summed E-state index contributed by atoms with van der Waals surface area (Å²) in [6.45, 7) is 4.80. The van der Waals surface area contributed by atoms with Gasteiger partial charge in [0.2, 0.25) is 0 Å². The minimum Gasteiger partial charge on any atom is -0.460 e. The van der Waals surface area contributed by atoms with Crippen molar-refractivity contribution in [1.29, 1.82) is 0 Å². The van der Waals surface area contributed by atoms with Crippen molar-refractivity contribution in [1.82, 2.24) is 0 Å². The maximum Gasteiger partial charge on any atom is 0.306 e. The zero-order valence-electron chi connectivity index (χ0n) is 9.29. The summed E-state index contributed by atoms with van der Waals surface area (Å²) in [6, 6.07) is 0. The van der Waals surface area contributed by atoms with Gasteiger partial charge in [-0.25, -0.2) is 0 Å². The molecule has 2 atom stereocenters. The van der Waals surface area contributed by atoms with Gasteiger partial charge in [-0.2, -0.15) is 0 Å². The zero-order valence-corrected chi connectivity index (χ0v) is 9.29. The lowest BCUT2D eigenvalue weighted by molar-refractivity contribution is -0.151. The van der Waals surface area contributed by atoms with Crippen molar-refractivity contribution in [3.05, 3.63) is 0 Å². The molecule has 2 unspecified atom stereocenters. The van der Waals surface area contributed by atoms with Gasteiger partial charge in [-0.15, -0.1) is 0 Å². The van der Waals surface area contributed by atoms with Crippen LogP contribution in [0.25, 0.3) is 0 Å². The Bertz CT molecular complexity index is 157. The quantitative estimate of drug-likeness (QED) is 0.625. The molecule has 0 radical (unpaired) electrons. The van der Waals surface area contributed by atoms with E-state index in [4.69, 9.17) is 15.2 Å². The lowest BCUT2D eigenvalue weighted by Crippen LogP contribution is -2.24. The number of methoxy groups -OCH3 is 1. The second kappa shape index (κ2) is 7.76. The number of esters is 1. The molecule has 0 aliphatic rings. The summed E-state index contributed by atoms with van der Waals surface area (Å²) in [5.74, 6) is 0.0455. The maximum atomic E-state index is 11.3. The van der Waals surface area contributed by atoms with Gasteiger partial charge in [-0.1, -0.05) is 13.3 Å². The van der Waals surface area contributed by atoms with Gasteiger partial charge < -0.3 is 15.2 Å². The predicted molar refractivity (Wildman–Crippen MR) is 54.9 cm³/mol. The Kier molecular flexibility index (Phi) is 7.42. The molecule has 2 N–H and O–H groups in total. The highest BCUT2D eigenvalue weighted by molar-refractivity contribution is 5.69. The molecular weight excluding hydrogens is 182 g/mol. The van der Waals surface area contributed by atoms with Gasteiger partial charge in [0.05, 0.1) is 6.61 Å². The average Bonchev–Trinajstić information content (AvgIpc) is 2.14. The van der Waals surface area contributed by atoms with Crippen LogP contribution >= 0.6 is 0 Å². The number of hydrogen-bond acceptors (Lipinski definition) is 4. The Balaban J connectivity index is 3.73. The number of nitrogens with two attached hydrogens (primary N) is 1. The second-order valence-corrected chi connectivity index (χ2v) is 3.47. The number of hydrogen-bond donors (Lipinski definition) is 1. The lowest BCUT2D eigenvalue weighted by Gasteiger charge is -2.15. The Morgan fingerprint density at radius 2 is 2.14 bits per heavy atom. The van der Waals surface area contributed by atoms with Gasteiger partial charge in [0.25, 0.3) is 0 Å². The van der Waals surface area contributed by atoms with Crippen LogP contribution in [-0.4, -0.2) is 32.3 Å². The van der Waals surface area contributed by atoms with Crippen LogP contribution in [0.3, 0.4) is 0 Å². The van der Waals surface area contributed by atoms with Crippen molar-refractivity contribution >= 4 is 5.97 Å². The van der Waals surface area contributed by atoms with E-state index in [0.717, 1.165) is 6.42 Å². The van der Waals surface area contributed by atoms with E-state index >= 15 is 0 Å². The molecule has 0 spiro atoms. The van der Waals surface area contributed by atoms with E-state index in [2.05, 4.69) is 0 Å². The van der Waals surface area contributed by atoms with Crippen LogP contribution in [0.15, 0.2) is 0 Å². The topological polar surface area (TPSA) is 61.6 Å². The van der Waals surface area contributed by atoms with Gasteiger partial charge in [0, 0.05) is 13.5 Å². The minimum absolute atomic E-state index is 0.178. The normalized spacial score (nSPS) is 14.9. The molecule has 0 saturated heterocycles. The van der Waals surface area contributed by atoms with Crippen LogP contribution in [0.2, 0.25) is 0 Å². The Labute approximate surface area is 85.8 Å². The largest absolute Gasteiger partial charge is 0.460 e. The molecule has 4 heteroatoms. The molecule has 0 rings (SSSR count). The van der Waals surface area contributed by atoms with E-state index in [0.29, 0.717) is 19.6 Å². The van der Waals surface area contributed by atoms with Gasteiger partial charge >= 0.3 is 5.97 Å². The Morgan fingerprint density at radius 1 is 1.50 bits per heavy atom. The molecule has 0 aromatic carbocycles. The monoisotopic (exact) mass is 203 g/mol.